The van der Waals surface area contributed by atoms with Crippen molar-refractivity contribution in [2.75, 3.05) is 37.2 Å². The van der Waals surface area contributed by atoms with Crippen molar-refractivity contribution in [3.05, 3.63) is 60.2 Å². The molecule has 1 aliphatic heterocycles. The van der Waals surface area contributed by atoms with Gasteiger partial charge < -0.3 is 9.64 Å². The number of benzene rings is 2. The Kier molecular flexibility index (Phi) is 7.40. The van der Waals surface area contributed by atoms with Crippen LogP contribution >= 0.6 is 0 Å². The smallest absolute Gasteiger partial charge is 0.338 e. The van der Waals surface area contributed by atoms with Crippen molar-refractivity contribution in [1.82, 2.24) is 9.21 Å². The second kappa shape index (κ2) is 9.89. The summed E-state index contributed by atoms with van der Waals surface area (Å²) in [6.45, 7) is 2.03. The van der Waals surface area contributed by atoms with Crippen LogP contribution in [0.4, 0.5) is 5.69 Å². The lowest BCUT2D eigenvalue weighted by molar-refractivity contribution is -0.141. The van der Waals surface area contributed by atoms with E-state index >= 15 is 0 Å². The highest BCUT2D eigenvalue weighted by molar-refractivity contribution is 7.92. The van der Waals surface area contributed by atoms with Gasteiger partial charge in [0.25, 0.3) is 5.91 Å². The number of nitrogens with zero attached hydrogens (tertiary/aromatic N) is 2. The molecule has 1 N–H and O–H groups in total. The van der Waals surface area contributed by atoms with Crippen LogP contribution in [-0.4, -0.2) is 76.5 Å². The summed E-state index contributed by atoms with van der Waals surface area (Å²) in [6.07, 6.45) is -0.106. The monoisotopic (exact) mass is 495 g/mol. The number of ether oxygens (including phenoxy) is 1. The second-order valence-electron chi connectivity index (χ2n) is 7.54. The molecule has 1 atom stereocenters. The van der Waals surface area contributed by atoms with E-state index in [1.165, 1.54) is 52.5 Å². The van der Waals surface area contributed by atoms with Crippen molar-refractivity contribution in [2.24, 2.45) is 0 Å². The fourth-order valence-corrected chi connectivity index (χ4v) is 5.35. The molecule has 2 aromatic rings. The van der Waals surface area contributed by atoms with Crippen LogP contribution in [0, 0.1) is 0 Å². The van der Waals surface area contributed by atoms with E-state index in [1.807, 2.05) is 0 Å². The van der Waals surface area contributed by atoms with Crippen molar-refractivity contribution in [1.29, 1.82) is 0 Å². The third-order valence-corrected chi connectivity index (χ3v) is 7.48. The molecule has 12 heteroatoms. The van der Waals surface area contributed by atoms with Gasteiger partial charge in [0.1, 0.15) is 0 Å². The Bertz CT molecular complexity index is 1220. The van der Waals surface area contributed by atoms with Gasteiger partial charge in [-0.25, -0.2) is 21.6 Å². The number of hydrogen-bond donors (Lipinski definition) is 1. The van der Waals surface area contributed by atoms with E-state index in [9.17, 15) is 26.4 Å². The van der Waals surface area contributed by atoms with Crippen LogP contribution in [0.25, 0.3) is 0 Å². The van der Waals surface area contributed by atoms with Gasteiger partial charge in [-0.15, -0.1) is 0 Å². The molecule has 1 amide bonds. The number of sulfonamides is 2. The van der Waals surface area contributed by atoms with Gasteiger partial charge in [-0.2, -0.15) is 4.31 Å². The van der Waals surface area contributed by atoms with Crippen LogP contribution in [0.2, 0.25) is 0 Å². The van der Waals surface area contributed by atoms with Gasteiger partial charge in [0.05, 0.1) is 16.7 Å². The zero-order chi connectivity index (χ0) is 24.2. The van der Waals surface area contributed by atoms with E-state index in [0.717, 1.165) is 6.26 Å². The molecule has 10 nitrogen and oxygen atoms in total. The van der Waals surface area contributed by atoms with Gasteiger partial charge in [0.2, 0.25) is 20.0 Å². The first-order valence-electron chi connectivity index (χ1n) is 10.1. The Hall–Kier alpha value is -2.96. The predicted octanol–water partition coefficient (Wildman–Crippen LogP) is 1.14. The number of hydrogen-bond acceptors (Lipinski definition) is 7. The number of anilines is 1. The molecular weight excluding hydrogens is 470 g/mol. The number of piperazine rings is 1. The summed E-state index contributed by atoms with van der Waals surface area (Å²) in [7, 11) is -7.16. The summed E-state index contributed by atoms with van der Waals surface area (Å²) in [4.78, 5) is 26.8. The van der Waals surface area contributed by atoms with E-state index in [4.69, 9.17) is 4.74 Å². The molecule has 178 valence electrons. The Labute approximate surface area is 193 Å². The molecule has 1 aliphatic rings. The molecule has 0 spiro atoms. The largest absolute Gasteiger partial charge is 0.449 e. The summed E-state index contributed by atoms with van der Waals surface area (Å²) in [5, 5.41) is 0. The molecular formula is C21H25N3O7S2. The number of carbonyl (C=O) groups excluding carboxylic acids is 2. The molecule has 0 aromatic heterocycles. The predicted molar refractivity (Wildman–Crippen MR) is 122 cm³/mol. The third-order valence-electron chi connectivity index (χ3n) is 4.96. The molecule has 0 aliphatic carbocycles. The van der Waals surface area contributed by atoms with Gasteiger partial charge in [0.15, 0.2) is 6.10 Å². The van der Waals surface area contributed by atoms with Crippen LogP contribution in [0.1, 0.15) is 17.3 Å². The number of rotatable bonds is 7. The number of amides is 1. The first-order valence-corrected chi connectivity index (χ1v) is 13.4. The van der Waals surface area contributed by atoms with Crippen molar-refractivity contribution in [2.45, 2.75) is 17.9 Å². The average Bonchev–Trinajstić information content (AvgIpc) is 2.78. The number of carbonyl (C=O) groups is 2. The molecule has 2 aromatic carbocycles. The van der Waals surface area contributed by atoms with Crippen molar-refractivity contribution in [3.8, 4) is 0 Å². The number of esters is 1. The first kappa shape index (κ1) is 24.7. The topological polar surface area (TPSA) is 130 Å². The normalized spacial score (nSPS) is 16.1. The molecule has 1 unspecified atom stereocenters. The van der Waals surface area contributed by atoms with Crippen LogP contribution in [0.5, 0.6) is 0 Å². The van der Waals surface area contributed by atoms with Gasteiger partial charge in [-0.05, 0) is 37.3 Å². The van der Waals surface area contributed by atoms with Crippen molar-refractivity contribution in [3.63, 3.8) is 0 Å². The van der Waals surface area contributed by atoms with Crippen molar-refractivity contribution < 1.29 is 31.2 Å². The van der Waals surface area contributed by atoms with E-state index in [1.54, 1.807) is 18.2 Å². The summed E-state index contributed by atoms with van der Waals surface area (Å²) in [5.41, 5.74) is 0.281. The quantitative estimate of drug-likeness (QED) is 0.570. The molecule has 1 fully saturated rings. The lowest BCUT2D eigenvalue weighted by atomic mass is 10.2. The maximum atomic E-state index is 12.7. The standard InChI is InChI=1S/C21H25N3O7S2/c1-16(31-21(26)17-7-6-8-18(15-17)22-32(2,27)28)20(25)23-11-13-24(14-12-23)33(29,30)19-9-4-3-5-10-19/h3-10,15-16,22H,11-14H2,1-2H3. The highest BCUT2D eigenvalue weighted by Crippen LogP contribution is 2.18. The van der Waals surface area contributed by atoms with E-state index < -0.39 is 38.0 Å². The van der Waals surface area contributed by atoms with Crippen molar-refractivity contribution >= 4 is 37.6 Å². The zero-order valence-electron chi connectivity index (χ0n) is 18.2. The third kappa shape index (κ3) is 6.30. The van der Waals surface area contributed by atoms with Crippen LogP contribution in [-0.2, 0) is 29.6 Å². The zero-order valence-corrected chi connectivity index (χ0v) is 19.8. The SMILES string of the molecule is CC(OC(=O)c1cccc(NS(C)(=O)=O)c1)C(=O)N1CCN(S(=O)(=O)c2ccccc2)CC1. The Balaban J connectivity index is 1.58. The maximum Gasteiger partial charge on any atom is 0.338 e. The van der Waals surface area contributed by atoms with E-state index in [0.29, 0.717) is 0 Å². The summed E-state index contributed by atoms with van der Waals surface area (Å²) in [6, 6.07) is 13.8. The number of nitrogens with one attached hydrogen (secondary N) is 1. The van der Waals surface area contributed by atoms with Gasteiger partial charge in [-0.3, -0.25) is 9.52 Å². The molecule has 0 bridgehead atoms. The van der Waals surface area contributed by atoms with Crippen LogP contribution in [0.15, 0.2) is 59.5 Å². The van der Waals surface area contributed by atoms with E-state index in [2.05, 4.69) is 4.72 Å². The molecule has 0 radical (unpaired) electrons. The van der Waals surface area contributed by atoms with Crippen LogP contribution < -0.4 is 4.72 Å². The van der Waals surface area contributed by atoms with E-state index in [-0.39, 0.29) is 42.3 Å². The lowest BCUT2D eigenvalue weighted by Gasteiger charge is -2.35. The molecule has 3 rings (SSSR count). The summed E-state index contributed by atoms with van der Waals surface area (Å²) < 4.78 is 57.0. The van der Waals surface area contributed by atoms with Gasteiger partial charge >= 0.3 is 5.97 Å². The minimum absolute atomic E-state index is 0.0853. The minimum Gasteiger partial charge on any atom is -0.449 e. The fraction of sp³-hybridized carbons (Fsp3) is 0.333. The highest BCUT2D eigenvalue weighted by atomic mass is 32.2. The second-order valence-corrected chi connectivity index (χ2v) is 11.2. The molecule has 0 saturated carbocycles. The fourth-order valence-electron chi connectivity index (χ4n) is 3.35. The first-order chi connectivity index (χ1) is 15.5. The average molecular weight is 496 g/mol. The maximum absolute atomic E-state index is 12.7. The minimum atomic E-state index is -3.64. The lowest BCUT2D eigenvalue weighted by Crippen LogP contribution is -2.52. The Morgan fingerprint density at radius 1 is 0.939 bits per heavy atom. The van der Waals surface area contributed by atoms with Crippen LogP contribution in [0.3, 0.4) is 0 Å². The Morgan fingerprint density at radius 2 is 1.58 bits per heavy atom. The van der Waals surface area contributed by atoms with Gasteiger partial charge in [-0.1, -0.05) is 24.3 Å². The highest BCUT2D eigenvalue weighted by Gasteiger charge is 2.32. The molecule has 1 heterocycles. The summed E-state index contributed by atoms with van der Waals surface area (Å²) in [5.74, 6) is -1.22. The molecule has 33 heavy (non-hydrogen) atoms. The Morgan fingerprint density at radius 3 is 2.18 bits per heavy atom. The van der Waals surface area contributed by atoms with Gasteiger partial charge in [0, 0.05) is 31.9 Å². The molecule has 1 saturated heterocycles. The summed E-state index contributed by atoms with van der Waals surface area (Å²) >= 11 is 0.